The standard InChI is InChI=1S/C33H36O3/c1-5-25-11-9-10-14-30(25)31(17-15-23(2)28-19-20-36-22-28)32(26-12-7-6-8-13-26)29-18-16-27(21-24(29)3)33(34)35-4/h5,9-11,14,16,18-22,26H,1-2,6-8,12-13,15,17H2,3-4H3/b32-31+. The van der Waals surface area contributed by atoms with Crippen molar-refractivity contribution < 1.29 is 13.9 Å². The van der Waals surface area contributed by atoms with E-state index in [4.69, 9.17) is 9.15 Å². The smallest absolute Gasteiger partial charge is 0.337 e. The van der Waals surface area contributed by atoms with Crippen LogP contribution in [0.15, 0.2) is 78.6 Å². The van der Waals surface area contributed by atoms with Crippen LogP contribution in [0.4, 0.5) is 0 Å². The summed E-state index contributed by atoms with van der Waals surface area (Å²) >= 11 is 0. The number of aryl methyl sites for hydroxylation is 1. The fourth-order valence-corrected chi connectivity index (χ4v) is 5.48. The molecule has 0 spiro atoms. The lowest BCUT2D eigenvalue weighted by Gasteiger charge is -2.30. The molecule has 1 aromatic heterocycles. The zero-order chi connectivity index (χ0) is 25.5. The molecule has 186 valence electrons. The van der Waals surface area contributed by atoms with Crippen molar-refractivity contribution in [2.24, 2.45) is 5.92 Å². The van der Waals surface area contributed by atoms with E-state index in [1.54, 1.807) is 12.5 Å². The number of methoxy groups -OCH3 is 1. The Morgan fingerprint density at radius 1 is 1.03 bits per heavy atom. The summed E-state index contributed by atoms with van der Waals surface area (Å²) < 4.78 is 10.3. The molecule has 0 radical (unpaired) electrons. The molecule has 0 atom stereocenters. The van der Waals surface area contributed by atoms with Crippen molar-refractivity contribution in [2.75, 3.05) is 7.11 Å². The second-order valence-electron chi connectivity index (χ2n) is 9.66. The largest absolute Gasteiger partial charge is 0.472 e. The number of furan rings is 1. The van der Waals surface area contributed by atoms with Crippen LogP contribution >= 0.6 is 0 Å². The molecule has 36 heavy (non-hydrogen) atoms. The van der Waals surface area contributed by atoms with Crippen LogP contribution in [-0.4, -0.2) is 13.1 Å². The summed E-state index contributed by atoms with van der Waals surface area (Å²) in [5.74, 6) is 0.165. The number of esters is 1. The quantitative estimate of drug-likeness (QED) is 0.227. The molecular weight excluding hydrogens is 444 g/mol. The van der Waals surface area contributed by atoms with Gasteiger partial charge in [0.25, 0.3) is 0 Å². The first kappa shape index (κ1) is 25.5. The van der Waals surface area contributed by atoms with Crippen molar-refractivity contribution in [3.63, 3.8) is 0 Å². The fourth-order valence-electron chi connectivity index (χ4n) is 5.48. The molecule has 3 aromatic rings. The molecule has 0 amide bonds. The van der Waals surface area contributed by atoms with Gasteiger partial charge in [0.2, 0.25) is 0 Å². The normalized spacial score (nSPS) is 14.7. The van der Waals surface area contributed by atoms with E-state index in [1.807, 2.05) is 24.3 Å². The summed E-state index contributed by atoms with van der Waals surface area (Å²) in [6.45, 7) is 10.6. The summed E-state index contributed by atoms with van der Waals surface area (Å²) in [5, 5.41) is 0. The minimum absolute atomic E-state index is 0.304. The number of hydrogen-bond acceptors (Lipinski definition) is 3. The van der Waals surface area contributed by atoms with Gasteiger partial charge in [0.05, 0.1) is 25.2 Å². The maximum atomic E-state index is 12.2. The van der Waals surface area contributed by atoms with Crippen molar-refractivity contribution >= 4 is 28.8 Å². The lowest BCUT2D eigenvalue weighted by molar-refractivity contribution is 0.0600. The van der Waals surface area contributed by atoms with Gasteiger partial charge in [-0.1, -0.05) is 68.8 Å². The minimum Gasteiger partial charge on any atom is -0.472 e. The van der Waals surface area contributed by atoms with Crippen LogP contribution in [0.3, 0.4) is 0 Å². The highest BCUT2D eigenvalue weighted by molar-refractivity contribution is 5.96. The molecule has 0 aliphatic heterocycles. The SMILES string of the molecule is C=Cc1ccccc1/C(CCC(=C)c1ccoc1)=C(/c1ccc(C(=O)OC)cc1C)C1CCCCC1. The van der Waals surface area contributed by atoms with Crippen molar-refractivity contribution in [3.05, 3.63) is 108 Å². The van der Waals surface area contributed by atoms with E-state index in [2.05, 4.69) is 50.4 Å². The Morgan fingerprint density at radius 2 is 1.81 bits per heavy atom. The first-order valence-corrected chi connectivity index (χ1v) is 12.9. The van der Waals surface area contributed by atoms with Gasteiger partial charge in [-0.2, -0.15) is 0 Å². The molecule has 2 aromatic carbocycles. The van der Waals surface area contributed by atoms with Crippen LogP contribution in [0.5, 0.6) is 0 Å². The third-order valence-corrected chi connectivity index (χ3v) is 7.39. The second kappa shape index (κ2) is 11.9. The lowest BCUT2D eigenvalue weighted by Crippen LogP contribution is -2.13. The molecule has 4 rings (SSSR count). The highest BCUT2D eigenvalue weighted by Gasteiger charge is 2.25. The zero-order valence-corrected chi connectivity index (χ0v) is 21.5. The van der Waals surface area contributed by atoms with Crippen LogP contribution in [0.2, 0.25) is 0 Å². The Bertz CT molecular complexity index is 1250. The molecule has 1 aliphatic carbocycles. The summed E-state index contributed by atoms with van der Waals surface area (Å²) in [6.07, 6.45) is 13.2. The molecule has 1 heterocycles. The lowest BCUT2D eigenvalue weighted by atomic mass is 9.75. The number of rotatable bonds is 9. The Balaban J connectivity index is 1.89. The van der Waals surface area contributed by atoms with Gasteiger partial charge >= 0.3 is 5.97 Å². The molecule has 0 N–H and O–H groups in total. The molecule has 3 nitrogen and oxygen atoms in total. The average Bonchev–Trinajstić information content (AvgIpc) is 3.47. The van der Waals surface area contributed by atoms with E-state index in [1.165, 1.54) is 61.5 Å². The van der Waals surface area contributed by atoms with Crippen LogP contribution in [0.1, 0.15) is 83.1 Å². The van der Waals surface area contributed by atoms with Gasteiger partial charge in [0.15, 0.2) is 0 Å². The van der Waals surface area contributed by atoms with E-state index < -0.39 is 0 Å². The summed E-state index contributed by atoms with van der Waals surface area (Å²) in [6, 6.07) is 16.5. The van der Waals surface area contributed by atoms with Crippen molar-refractivity contribution in [1.82, 2.24) is 0 Å². The molecule has 1 aliphatic rings. The van der Waals surface area contributed by atoms with Gasteiger partial charge in [-0.3, -0.25) is 0 Å². The Kier molecular flexibility index (Phi) is 8.43. The molecule has 3 heteroatoms. The van der Waals surface area contributed by atoms with Crippen LogP contribution in [0.25, 0.3) is 22.8 Å². The number of allylic oxidation sites excluding steroid dienone is 3. The molecular formula is C33H36O3. The highest BCUT2D eigenvalue weighted by atomic mass is 16.5. The van der Waals surface area contributed by atoms with E-state index >= 15 is 0 Å². The maximum absolute atomic E-state index is 12.2. The van der Waals surface area contributed by atoms with Crippen LogP contribution < -0.4 is 0 Å². The molecule has 1 fully saturated rings. The maximum Gasteiger partial charge on any atom is 0.337 e. The number of hydrogen-bond donors (Lipinski definition) is 0. The van der Waals surface area contributed by atoms with Crippen molar-refractivity contribution in [3.8, 4) is 0 Å². The summed E-state index contributed by atoms with van der Waals surface area (Å²) in [7, 11) is 1.43. The van der Waals surface area contributed by atoms with Gasteiger partial charge in [-0.25, -0.2) is 4.79 Å². The topological polar surface area (TPSA) is 39.4 Å². The predicted octanol–water partition coefficient (Wildman–Crippen LogP) is 9.00. The molecule has 0 bridgehead atoms. The zero-order valence-electron chi connectivity index (χ0n) is 21.5. The predicted molar refractivity (Wildman–Crippen MR) is 149 cm³/mol. The number of benzene rings is 2. The molecule has 0 unspecified atom stereocenters. The Labute approximate surface area is 215 Å². The average molecular weight is 481 g/mol. The van der Waals surface area contributed by atoms with E-state index in [9.17, 15) is 4.79 Å². The van der Waals surface area contributed by atoms with Crippen molar-refractivity contribution in [1.29, 1.82) is 0 Å². The Morgan fingerprint density at radius 3 is 2.47 bits per heavy atom. The fraction of sp³-hybridized carbons (Fsp3) is 0.303. The summed E-state index contributed by atoms with van der Waals surface area (Å²) in [4.78, 5) is 12.2. The van der Waals surface area contributed by atoms with Gasteiger partial charge in [0, 0.05) is 5.56 Å². The first-order chi connectivity index (χ1) is 17.5. The van der Waals surface area contributed by atoms with Gasteiger partial charge in [0.1, 0.15) is 0 Å². The Hall–Kier alpha value is -3.59. The highest BCUT2D eigenvalue weighted by Crippen LogP contribution is 2.44. The van der Waals surface area contributed by atoms with Gasteiger partial charge < -0.3 is 9.15 Å². The molecule has 1 saturated carbocycles. The van der Waals surface area contributed by atoms with Gasteiger partial charge in [-0.05, 0) is 95.7 Å². The second-order valence-corrected chi connectivity index (χ2v) is 9.66. The number of carbonyl (C=O) groups is 1. The van der Waals surface area contributed by atoms with Gasteiger partial charge in [-0.15, -0.1) is 0 Å². The van der Waals surface area contributed by atoms with E-state index in [0.717, 1.165) is 35.1 Å². The summed E-state index contributed by atoms with van der Waals surface area (Å²) in [5.41, 5.74) is 10.1. The van der Waals surface area contributed by atoms with E-state index in [-0.39, 0.29) is 5.97 Å². The van der Waals surface area contributed by atoms with E-state index in [0.29, 0.717) is 11.5 Å². The number of ether oxygens (including phenoxy) is 1. The van der Waals surface area contributed by atoms with Crippen LogP contribution in [0, 0.1) is 12.8 Å². The monoisotopic (exact) mass is 480 g/mol. The minimum atomic E-state index is -0.304. The van der Waals surface area contributed by atoms with Crippen LogP contribution in [-0.2, 0) is 4.74 Å². The number of carbonyl (C=O) groups excluding carboxylic acids is 1. The third-order valence-electron chi connectivity index (χ3n) is 7.39. The van der Waals surface area contributed by atoms with Crippen molar-refractivity contribution in [2.45, 2.75) is 51.9 Å². The first-order valence-electron chi connectivity index (χ1n) is 12.9. The molecule has 0 saturated heterocycles. The third kappa shape index (κ3) is 5.62.